The van der Waals surface area contributed by atoms with Crippen molar-refractivity contribution >= 4 is 5.91 Å². The summed E-state index contributed by atoms with van der Waals surface area (Å²) in [5.74, 6) is 0.599. The lowest BCUT2D eigenvalue weighted by atomic mass is 10.1. The molecule has 1 aliphatic rings. The number of ether oxygens (including phenoxy) is 1. The predicted molar refractivity (Wildman–Crippen MR) is 84.9 cm³/mol. The van der Waals surface area contributed by atoms with E-state index in [4.69, 9.17) is 4.74 Å². The highest BCUT2D eigenvalue weighted by Gasteiger charge is 2.13. The molecule has 0 heterocycles. The predicted octanol–water partition coefficient (Wildman–Crippen LogP) is 3.63. The van der Waals surface area contributed by atoms with Crippen LogP contribution >= 0.6 is 0 Å². The Hall–Kier alpha value is -1.61. The van der Waals surface area contributed by atoms with Crippen LogP contribution in [0.5, 0.6) is 0 Å². The summed E-state index contributed by atoms with van der Waals surface area (Å²) < 4.78 is 5.78. The second-order valence-corrected chi connectivity index (χ2v) is 5.60. The van der Waals surface area contributed by atoms with Crippen molar-refractivity contribution in [1.82, 2.24) is 5.32 Å². The Morgan fingerprint density at radius 2 is 2.19 bits per heavy atom. The Bertz CT molecular complexity index is 456. The van der Waals surface area contributed by atoms with Crippen molar-refractivity contribution in [2.24, 2.45) is 5.92 Å². The number of carbonyl (C=O) groups excluding carboxylic acids is 1. The van der Waals surface area contributed by atoms with E-state index in [1.165, 1.54) is 5.56 Å². The number of hydrogen-bond acceptors (Lipinski definition) is 2. The van der Waals surface area contributed by atoms with Crippen LogP contribution in [0.3, 0.4) is 0 Å². The van der Waals surface area contributed by atoms with E-state index >= 15 is 0 Å². The van der Waals surface area contributed by atoms with Crippen LogP contribution in [0.4, 0.5) is 0 Å². The largest absolute Gasteiger partial charge is 0.374 e. The highest BCUT2D eigenvalue weighted by atomic mass is 16.5. The minimum atomic E-state index is 0.102. The fraction of sp³-hybridized carbons (Fsp3) is 0.500. The number of amides is 1. The van der Waals surface area contributed by atoms with Gasteiger partial charge in [-0.3, -0.25) is 4.79 Å². The third-order valence-electron chi connectivity index (χ3n) is 3.84. The maximum Gasteiger partial charge on any atom is 0.220 e. The summed E-state index contributed by atoms with van der Waals surface area (Å²) in [7, 11) is 0. The van der Waals surface area contributed by atoms with Crippen LogP contribution < -0.4 is 5.32 Å². The average molecular weight is 287 g/mol. The molecule has 0 saturated carbocycles. The molecule has 1 aromatic rings. The van der Waals surface area contributed by atoms with Crippen LogP contribution in [0.25, 0.3) is 0 Å². The van der Waals surface area contributed by atoms with Crippen molar-refractivity contribution < 1.29 is 9.53 Å². The Balaban J connectivity index is 1.53. The van der Waals surface area contributed by atoms with Gasteiger partial charge in [0.25, 0.3) is 0 Å². The van der Waals surface area contributed by atoms with Gasteiger partial charge in [-0.2, -0.15) is 0 Å². The van der Waals surface area contributed by atoms with Crippen LogP contribution in [-0.4, -0.2) is 19.1 Å². The van der Waals surface area contributed by atoms with Crippen LogP contribution in [0, 0.1) is 5.92 Å². The zero-order valence-corrected chi connectivity index (χ0v) is 12.8. The molecule has 2 atom stereocenters. The molecular formula is C18H25NO2. The maximum atomic E-state index is 11.7. The highest BCUT2D eigenvalue weighted by Crippen LogP contribution is 2.20. The standard InChI is InChI=1S/C18H25NO2/c1-15(17-10-3-2-4-11-17)21-13-7-12-19-18(20)14-16-8-5-6-9-16/h2-5,8,10-11,15-16H,6-7,9,12-14H2,1H3,(H,19,20). The lowest BCUT2D eigenvalue weighted by molar-refractivity contribution is -0.121. The Kier molecular flexibility index (Phi) is 6.48. The molecule has 1 aliphatic carbocycles. The molecule has 0 fully saturated rings. The van der Waals surface area contributed by atoms with Gasteiger partial charge in [0, 0.05) is 19.6 Å². The number of nitrogens with one attached hydrogen (secondary N) is 1. The first-order valence-corrected chi connectivity index (χ1v) is 7.85. The average Bonchev–Trinajstić information content (AvgIpc) is 3.00. The Morgan fingerprint density at radius 3 is 2.90 bits per heavy atom. The molecule has 114 valence electrons. The van der Waals surface area contributed by atoms with E-state index in [1.54, 1.807) is 0 Å². The van der Waals surface area contributed by atoms with Gasteiger partial charge < -0.3 is 10.1 Å². The van der Waals surface area contributed by atoms with Gasteiger partial charge in [-0.15, -0.1) is 0 Å². The van der Waals surface area contributed by atoms with Crippen molar-refractivity contribution in [3.05, 3.63) is 48.0 Å². The van der Waals surface area contributed by atoms with Crippen molar-refractivity contribution in [2.45, 2.75) is 38.7 Å². The van der Waals surface area contributed by atoms with Gasteiger partial charge in [-0.1, -0.05) is 42.5 Å². The van der Waals surface area contributed by atoms with E-state index in [0.717, 1.165) is 19.3 Å². The van der Waals surface area contributed by atoms with E-state index in [1.807, 2.05) is 18.2 Å². The van der Waals surface area contributed by atoms with Crippen molar-refractivity contribution in [1.29, 1.82) is 0 Å². The molecule has 0 aromatic heterocycles. The normalized spacial score (nSPS) is 18.6. The zero-order valence-electron chi connectivity index (χ0n) is 12.8. The molecule has 1 amide bonds. The third-order valence-corrected chi connectivity index (χ3v) is 3.84. The number of rotatable bonds is 8. The van der Waals surface area contributed by atoms with Gasteiger partial charge >= 0.3 is 0 Å². The Morgan fingerprint density at radius 1 is 1.38 bits per heavy atom. The Labute approximate surface area is 127 Å². The number of hydrogen-bond donors (Lipinski definition) is 1. The molecule has 3 heteroatoms. The van der Waals surface area contributed by atoms with Gasteiger partial charge in [0.1, 0.15) is 0 Å². The monoisotopic (exact) mass is 287 g/mol. The van der Waals surface area contributed by atoms with E-state index in [2.05, 4.69) is 36.5 Å². The van der Waals surface area contributed by atoms with Gasteiger partial charge in [0.15, 0.2) is 0 Å². The van der Waals surface area contributed by atoms with Crippen LogP contribution in [0.2, 0.25) is 0 Å². The molecule has 0 spiro atoms. The fourth-order valence-corrected chi connectivity index (χ4v) is 2.56. The summed E-state index contributed by atoms with van der Waals surface area (Å²) in [5.41, 5.74) is 1.19. The van der Waals surface area contributed by atoms with Crippen molar-refractivity contribution in [2.75, 3.05) is 13.2 Å². The molecule has 2 rings (SSSR count). The second-order valence-electron chi connectivity index (χ2n) is 5.60. The zero-order chi connectivity index (χ0) is 14.9. The summed E-state index contributed by atoms with van der Waals surface area (Å²) in [6.45, 7) is 3.41. The summed E-state index contributed by atoms with van der Waals surface area (Å²) in [5, 5.41) is 2.97. The third kappa shape index (κ3) is 5.72. The summed E-state index contributed by atoms with van der Waals surface area (Å²) in [4.78, 5) is 11.7. The number of carbonyl (C=O) groups is 1. The van der Waals surface area contributed by atoms with Gasteiger partial charge in [-0.05, 0) is 37.7 Å². The van der Waals surface area contributed by atoms with Crippen LogP contribution in [0.15, 0.2) is 42.5 Å². The first-order valence-electron chi connectivity index (χ1n) is 7.85. The molecule has 0 saturated heterocycles. The van der Waals surface area contributed by atoms with Gasteiger partial charge in [0.2, 0.25) is 5.91 Å². The molecule has 1 aromatic carbocycles. The van der Waals surface area contributed by atoms with E-state index in [0.29, 0.717) is 25.5 Å². The number of allylic oxidation sites excluding steroid dienone is 2. The van der Waals surface area contributed by atoms with E-state index in [9.17, 15) is 4.79 Å². The first kappa shape index (κ1) is 15.8. The molecule has 2 unspecified atom stereocenters. The molecule has 1 N–H and O–H groups in total. The molecular weight excluding hydrogens is 262 g/mol. The van der Waals surface area contributed by atoms with Crippen molar-refractivity contribution in [3.8, 4) is 0 Å². The maximum absolute atomic E-state index is 11.7. The molecule has 3 nitrogen and oxygen atoms in total. The minimum Gasteiger partial charge on any atom is -0.374 e. The lowest BCUT2D eigenvalue weighted by Gasteiger charge is -2.13. The highest BCUT2D eigenvalue weighted by molar-refractivity contribution is 5.76. The van der Waals surface area contributed by atoms with Crippen molar-refractivity contribution in [3.63, 3.8) is 0 Å². The van der Waals surface area contributed by atoms with Crippen LogP contribution in [0.1, 0.15) is 44.3 Å². The minimum absolute atomic E-state index is 0.102. The van der Waals surface area contributed by atoms with Crippen LogP contribution in [-0.2, 0) is 9.53 Å². The fourth-order valence-electron chi connectivity index (χ4n) is 2.56. The van der Waals surface area contributed by atoms with E-state index in [-0.39, 0.29) is 12.0 Å². The molecule has 21 heavy (non-hydrogen) atoms. The SMILES string of the molecule is CC(OCCCNC(=O)CC1C=CCC1)c1ccccc1. The molecule has 0 radical (unpaired) electrons. The van der Waals surface area contributed by atoms with Gasteiger partial charge in [-0.25, -0.2) is 0 Å². The summed E-state index contributed by atoms with van der Waals surface area (Å²) >= 11 is 0. The van der Waals surface area contributed by atoms with E-state index < -0.39 is 0 Å². The van der Waals surface area contributed by atoms with Gasteiger partial charge in [0.05, 0.1) is 6.10 Å². The lowest BCUT2D eigenvalue weighted by Crippen LogP contribution is -2.26. The topological polar surface area (TPSA) is 38.3 Å². The summed E-state index contributed by atoms with van der Waals surface area (Å²) in [6.07, 6.45) is 8.13. The smallest absolute Gasteiger partial charge is 0.220 e. The second kappa shape index (κ2) is 8.63. The molecule has 0 bridgehead atoms. The quantitative estimate of drug-likeness (QED) is 0.586. The molecule has 0 aliphatic heterocycles. The first-order chi connectivity index (χ1) is 10.3. The number of benzene rings is 1. The summed E-state index contributed by atoms with van der Waals surface area (Å²) in [6, 6.07) is 10.2.